The van der Waals surface area contributed by atoms with Gasteiger partial charge in [-0.3, -0.25) is 4.79 Å². The van der Waals surface area contributed by atoms with E-state index in [9.17, 15) is 4.79 Å². The van der Waals surface area contributed by atoms with Crippen LogP contribution in [0.3, 0.4) is 0 Å². The van der Waals surface area contributed by atoms with Gasteiger partial charge in [0.05, 0.1) is 0 Å². The van der Waals surface area contributed by atoms with Crippen LogP contribution in [0.25, 0.3) is 10.9 Å². The van der Waals surface area contributed by atoms with Crippen molar-refractivity contribution in [1.29, 1.82) is 0 Å². The molecule has 1 amide bonds. The molecule has 2 aromatic rings. The van der Waals surface area contributed by atoms with Gasteiger partial charge in [0.15, 0.2) is 0 Å². The van der Waals surface area contributed by atoms with Gasteiger partial charge in [-0.25, -0.2) is 10.9 Å². The van der Waals surface area contributed by atoms with Crippen molar-refractivity contribution in [1.82, 2.24) is 26.3 Å². The third-order valence-electron chi connectivity index (χ3n) is 4.18. The number of hydrogen-bond acceptors (Lipinski definition) is 4. The number of H-pyrrole nitrogens is 1. The predicted molar refractivity (Wildman–Crippen MR) is 79.9 cm³/mol. The van der Waals surface area contributed by atoms with Gasteiger partial charge in [0.1, 0.15) is 6.04 Å². The maximum atomic E-state index is 12.6. The van der Waals surface area contributed by atoms with Crippen molar-refractivity contribution in [2.75, 3.05) is 6.54 Å². The van der Waals surface area contributed by atoms with Crippen molar-refractivity contribution >= 4 is 16.8 Å². The highest BCUT2D eigenvalue weighted by Crippen LogP contribution is 2.29. The van der Waals surface area contributed by atoms with Gasteiger partial charge in [0, 0.05) is 30.8 Å². The minimum Gasteiger partial charge on any atom is -0.361 e. The van der Waals surface area contributed by atoms with Crippen LogP contribution in [0.1, 0.15) is 18.4 Å². The van der Waals surface area contributed by atoms with Crippen LogP contribution in [0, 0.1) is 0 Å². The van der Waals surface area contributed by atoms with Crippen LogP contribution >= 0.6 is 0 Å². The Morgan fingerprint density at radius 3 is 2.95 bits per heavy atom. The number of benzene rings is 1. The fourth-order valence-electron chi connectivity index (χ4n) is 2.86. The van der Waals surface area contributed by atoms with E-state index >= 15 is 0 Å². The molecule has 1 aromatic carbocycles. The Kier molecular flexibility index (Phi) is 3.14. The molecule has 2 fully saturated rings. The van der Waals surface area contributed by atoms with E-state index in [0.29, 0.717) is 19.1 Å². The molecule has 4 N–H and O–H groups in total. The number of carbonyl (C=O) groups is 1. The van der Waals surface area contributed by atoms with E-state index in [1.807, 2.05) is 11.1 Å². The second-order valence-electron chi connectivity index (χ2n) is 5.80. The van der Waals surface area contributed by atoms with E-state index in [1.165, 1.54) is 10.9 Å². The Morgan fingerprint density at radius 1 is 1.29 bits per heavy atom. The second kappa shape index (κ2) is 5.14. The molecule has 1 saturated carbocycles. The summed E-state index contributed by atoms with van der Waals surface area (Å²) in [6, 6.07) is 8.63. The van der Waals surface area contributed by atoms with Crippen molar-refractivity contribution < 1.29 is 4.79 Å². The molecular weight excluding hydrogens is 266 g/mol. The van der Waals surface area contributed by atoms with Crippen LogP contribution in [0.15, 0.2) is 30.5 Å². The summed E-state index contributed by atoms with van der Waals surface area (Å²) in [7, 11) is 0. The van der Waals surface area contributed by atoms with E-state index < -0.39 is 0 Å². The predicted octanol–water partition coefficient (Wildman–Crippen LogP) is 0.640. The normalized spacial score (nSPS) is 21.8. The van der Waals surface area contributed by atoms with Gasteiger partial charge in [-0.15, -0.1) is 0 Å². The van der Waals surface area contributed by atoms with Crippen LogP contribution in [0.4, 0.5) is 0 Å². The van der Waals surface area contributed by atoms with Gasteiger partial charge in [-0.1, -0.05) is 6.07 Å². The SMILES string of the molecule is O=C(C1CNNN1)N(Cc1ccc2[nH]ccc2c1)C1CC1. The minimum absolute atomic E-state index is 0.171. The van der Waals surface area contributed by atoms with Crippen molar-refractivity contribution in [3.63, 3.8) is 0 Å². The summed E-state index contributed by atoms with van der Waals surface area (Å²) in [6.45, 7) is 1.31. The number of aromatic amines is 1. The second-order valence-corrected chi connectivity index (χ2v) is 5.80. The number of aromatic nitrogens is 1. The molecule has 1 aliphatic heterocycles. The molecule has 6 heteroatoms. The zero-order valence-electron chi connectivity index (χ0n) is 11.7. The number of hydrazine groups is 2. The monoisotopic (exact) mass is 285 g/mol. The Bertz CT molecular complexity index is 657. The number of amides is 1. The van der Waals surface area contributed by atoms with Crippen LogP contribution in [0.2, 0.25) is 0 Å². The number of nitrogens with zero attached hydrogens (tertiary/aromatic N) is 1. The molecule has 1 aromatic heterocycles. The lowest BCUT2D eigenvalue weighted by Gasteiger charge is -2.25. The minimum atomic E-state index is -0.179. The summed E-state index contributed by atoms with van der Waals surface area (Å²) >= 11 is 0. The van der Waals surface area contributed by atoms with Gasteiger partial charge >= 0.3 is 0 Å². The maximum absolute atomic E-state index is 12.6. The Hall–Kier alpha value is -1.89. The highest BCUT2D eigenvalue weighted by molar-refractivity contribution is 5.83. The summed E-state index contributed by atoms with van der Waals surface area (Å²) in [4.78, 5) is 17.8. The van der Waals surface area contributed by atoms with Crippen LogP contribution in [-0.4, -0.2) is 34.4 Å². The molecule has 0 spiro atoms. The van der Waals surface area contributed by atoms with Crippen molar-refractivity contribution in [3.05, 3.63) is 36.0 Å². The Labute approximate surface area is 122 Å². The lowest BCUT2D eigenvalue weighted by Crippen LogP contribution is -2.47. The Morgan fingerprint density at radius 2 is 2.19 bits per heavy atom. The van der Waals surface area contributed by atoms with Crippen molar-refractivity contribution in [2.45, 2.75) is 31.5 Å². The summed E-state index contributed by atoms with van der Waals surface area (Å²) in [5.41, 5.74) is 11.0. The highest BCUT2D eigenvalue weighted by Gasteiger charge is 2.36. The number of fused-ring (bicyclic) bond motifs is 1. The fraction of sp³-hybridized carbons (Fsp3) is 0.400. The largest absolute Gasteiger partial charge is 0.361 e. The third-order valence-corrected chi connectivity index (χ3v) is 4.18. The smallest absolute Gasteiger partial charge is 0.243 e. The van der Waals surface area contributed by atoms with Gasteiger partial charge in [0.2, 0.25) is 5.91 Å². The first kappa shape index (κ1) is 12.8. The molecule has 1 saturated heterocycles. The lowest BCUT2D eigenvalue weighted by atomic mass is 10.1. The first-order valence-electron chi connectivity index (χ1n) is 7.41. The molecule has 0 bridgehead atoms. The molecule has 0 radical (unpaired) electrons. The summed E-state index contributed by atoms with van der Waals surface area (Å²) in [6.07, 6.45) is 4.18. The molecule has 1 aliphatic carbocycles. The fourth-order valence-corrected chi connectivity index (χ4v) is 2.86. The maximum Gasteiger partial charge on any atom is 0.243 e. The molecule has 21 heavy (non-hydrogen) atoms. The first-order valence-corrected chi connectivity index (χ1v) is 7.41. The van der Waals surface area contributed by atoms with E-state index in [1.54, 1.807) is 0 Å². The van der Waals surface area contributed by atoms with Crippen LogP contribution in [0.5, 0.6) is 0 Å². The topological polar surface area (TPSA) is 72.2 Å². The molecule has 1 atom stereocenters. The van der Waals surface area contributed by atoms with E-state index in [2.05, 4.69) is 45.6 Å². The van der Waals surface area contributed by atoms with Crippen molar-refractivity contribution in [2.24, 2.45) is 0 Å². The highest BCUT2D eigenvalue weighted by atomic mass is 16.2. The molecule has 4 rings (SSSR count). The van der Waals surface area contributed by atoms with Gasteiger partial charge in [-0.2, -0.15) is 5.53 Å². The number of nitrogens with one attached hydrogen (secondary N) is 4. The zero-order valence-corrected chi connectivity index (χ0v) is 11.7. The third kappa shape index (κ3) is 2.53. The van der Waals surface area contributed by atoms with E-state index in [4.69, 9.17) is 0 Å². The van der Waals surface area contributed by atoms with Crippen LogP contribution in [-0.2, 0) is 11.3 Å². The summed E-state index contributed by atoms with van der Waals surface area (Å²) in [5, 5.41) is 1.19. The molecule has 6 nitrogen and oxygen atoms in total. The Balaban J connectivity index is 1.55. The lowest BCUT2D eigenvalue weighted by molar-refractivity contribution is -0.134. The average molecular weight is 285 g/mol. The standard InChI is InChI=1S/C15H19N5O/c21-15(14-8-17-19-18-14)20(12-2-3-12)9-10-1-4-13-11(7-10)5-6-16-13/h1,4-7,12,14,16-19H,2-3,8-9H2. The first-order chi connectivity index (χ1) is 10.3. The molecule has 110 valence electrons. The molecule has 2 aliphatic rings. The van der Waals surface area contributed by atoms with Crippen molar-refractivity contribution in [3.8, 4) is 0 Å². The summed E-state index contributed by atoms with van der Waals surface area (Å²) < 4.78 is 0. The van der Waals surface area contributed by atoms with Gasteiger partial charge in [0.25, 0.3) is 0 Å². The zero-order chi connectivity index (χ0) is 14.2. The number of hydrogen-bond donors (Lipinski definition) is 4. The number of rotatable bonds is 4. The summed E-state index contributed by atoms with van der Waals surface area (Å²) in [5.74, 6) is 0.171. The van der Waals surface area contributed by atoms with Gasteiger partial charge in [-0.05, 0) is 42.0 Å². The quantitative estimate of drug-likeness (QED) is 0.665. The molecule has 1 unspecified atom stereocenters. The van der Waals surface area contributed by atoms with E-state index in [-0.39, 0.29) is 11.9 Å². The molecular formula is C15H19N5O. The average Bonchev–Trinajstić information content (AvgIpc) is 3.02. The molecule has 2 heterocycles. The van der Waals surface area contributed by atoms with Gasteiger partial charge < -0.3 is 9.88 Å². The van der Waals surface area contributed by atoms with Crippen LogP contribution < -0.4 is 16.4 Å². The number of carbonyl (C=O) groups excluding carboxylic acids is 1. The van der Waals surface area contributed by atoms with E-state index in [0.717, 1.165) is 18.4 Å².